The molecule has 0 saturated carbocycles. The molecular formula is C25H27N3O4. The highest BCUT2D eigenvalue weighted by atomic mass is 16.5. The van der Waals surface area contributed by atoms with Gasteiger partial charge in [-0.1, -0.05) is 43.3 Å². The number of methoxy groups -OCH3 is 1. The van der Waals surface area contributed by atoms with Gasteiger partial charge in [-0.25, -0.2) is 0 Å². The Morgan fingerprint density at radius 1 is 1.22 bits per heavy atom. The summed E-state index contributed by atoms with van der Waals surface area (Å²) in [4.78, 5) is 26.9. The summed E-state index contributed by atoms with van der Waals surface area (Å²) in [7, 11) is 1.61. The van der Waals surface area contributed by atoms with E-state index < -0.39 is 5.92 Å². The third-order valence-corrected chi connectivity index (χ3v) is 5.73. The van der Waals surface area contributed by atoms with E-state index >= 15 is 0 Å². The van der Waals surface area contributed by atoms with Gasteiger partial charge in [-0.05, 0) is 35.7 Å². The van der Waals surface area contributed by atoms with E-state index in [4.69, 9.17) is 9.26 Å². The Hall–Kier alpha value is -3.61. The van der Waals surface area contributed by atoms with E-state index in [0.717, 1.165) is 17.0 Å². The van der Waals surface area contributed by atoms with Crippen molar-refractivity contribution in [3.8, 4) is 17.0 Å². The SMILES string of the molecule is COc1cccc(-c2cc(CNC(=O)C3CC(=O)N(c4ccc(C(C)C)cc4)C3)on2)c1. The van der Waals surface area contributed by atoms with Crippen LogP contribution < -0.4 is 15.0 Å². The molecule has 1 N–H and O–H groups in total. The average molecular weight is 434 g/mol. The summed E-state index contributed by atoms with van der Waals surface area (Å²) in [6, 6.07) is 17.3. The van der Waals surface area contributed by atoms with Crippen LogP contribution in [0.3, 0.4) is 0 Å². The maximum Gasteiger partial charge on any atom is 0.227 e. The number of anilines is 1. The summed E-state index contributed by atoms with van der Waals surface area (Å²) >= 11 is 0. The number of rotatable bonds is 7. The fourth-order valence-electron chi connectivity index (χ4n) is 3.81. The van der Waals surface area contributed by atoms with Crippen molar-refractivity contribution in [2.24, 2.45) is 5.92 Å². The molecule has 1 unspecified atom stereocenters. The fraction of sp³-hybridized carbons (Fsp3) is 0.320. The summed E-state index contributed by atoms with van der Waals surface area (Å²) < 4.78 is 10.6. The van der Waals surface area contributed by atoms with Crippen LogP contribution in [0, 0.1) is 5.92 Å². The van der Waals surface area contributed by atoms with Gasteiger partial charge in [-0.15, -0.1) is 0 Å². The minimum absolute atomic E-state index is 0.0394. The van der Waals surface area contributed by atoms with Crippen molar-refractivity contribution in [1.82, 2.24) is 10.5 Å². The highest BCUT2D eigenvalue weighted by Crippen LogP contribution is 2.27. The molecule has 2 aromatic carbocycles. The second-order valence-electron chi connectivity index (χ2n) is 8.28. The van der Waals surface area contributed by atoms with Crippen LogP contribution >= 0.6 is 0 Å². The lowest BCUT2D eigenvalue weighted by atomic mass is 10.0. The van der Waals surface area contributed by atoms with Crippen molar-refractivity contribution >= 4 is 17.5 Å². The van der Waals surface area contributed by atoms with E-state index in [1.54, 1.807) is 18.1 Å². The Labute approximate surface area is 187 Å². The van der Waals surface area contributed by atoms with E-state index in [0.29, 0.717) is 23.9 Å². The Bertz CT molecular complexity index is 1100. The van der Waals surface area contributed by atoms with Gasteiger partial charge in [0.1, 0.15) is 11.4 Å². The largest absolute Gasteiger partial charge is 0.497 e. The number of hydrogen-bond acceptors (Lipinski definition) is 5. The quantitative estimate of drug-likeness (QED) is 0.605. The molecule has 0 radical (unpaired) electrons. The van der Waals surface area contributed by atoms with Crippen molar-refractivity contribution in [2.45, 2.75) is 32.7 Å². The van der Waals surface area contributed by atoms with Gasteiger partial charge < -0.3 is 19.5 Å². The van der Waals surface area contributed by atoms with Crippen LogP contribution in [0.4, 0.5) is 5.69 Å². The third-order valence-electron chi connectivity index (χ3n) is 5.73. The molecule has 0 spiro atoms. The van der Waals surface area contributed by atoms with E-state index in [-0.39, 0.29) is 24.8 Å². The first kappa shape index (κ1) is 21.6. The van der Waals surface area contributed by atoms with Crippen molar-refractivity contribution in [2.75, 3.05) is 18.6 Å². The molecule has 2 amide bonds. The number of carbonyl (C=O) groups is 2. The van der Waals surface area contributed by atoms with Crippen LogP contribution in [0.2, 0.25) is 0 Å². The molecule has 3 aromatic rings. The van der Waals surface area contributed by atoms with Crippen LogP contribution in [0.25, 0.3) is 11.3 Å². The number of benzene rings is 2. The molecule has 32 heavy (non-hydrogen) atoms. The van der Waals surface area contributed by atoms with Gasteiger partial charge in [0.15, 0.2) is 5.76 Å². The highest BCUT2D eigenvalue weighted by molar-refractivity contribution is 6.00. The highest BCUT2D eigenvalue weighted by Gasteiger charge is 2.35. The van der Waals surface area contributed by atoms with E-state index in [1.807, 2.05) is 48.5 Å². The fourth-order valence-corrected chi connectivity index (χ4v) is 3.81. The van der Waals surface area contributed by atoms with Gasteiger partial charge in [0.25, 0.3) is 0 Å². The van der Waals surface area contributed by atoms with Gasteiger partial charge in [-0.2, -0.15) is 0 Å². The smallest absolute Gasteiger partial charge is 0.227 e. The van der Waals surface area contributed by atoms with E-state index in [9.17, 15) is 9.59 Å². The summed E-state index contributed by atoms with van der Waals surface area (Å²) in [6.07, 6.45) is 0.198. The van der Waals surface area contributed by atoms with Crippen LogP contribution in [0.15, 0.2) is 59.1 Å². The second-order valence-corrected chi connectivity index (χ2v) is 8.28. The minimum Gasteiger partial charge on any atom is -0.497 e. The molecule has 1 fully saturated rings. The molecule has 4 rings (SSSR count). The first-order valence-corrected chi connectivity index (χ1v) is 10.7. The lowest BCUT2D eigenvalue weighted by molar-refractivity contribution is -0.126. The molecule has 7 heteroatoms. The minimum atomic E-state index is -0.395. The molecule has 1 saturated heterocycles. The number of ether oxygens (including phenoxy) is 1. The number of nitrogens with one attached hydrogen (secondary N) is 1. The second kappa shape index (κ2) is 9.26. The Morgan fingerprint density at radius 3 is 2.72 bits per heavy atom. The van der Waals surface area contributed by atoms with Crippen LogP contribution in [0.1, 0.15) is 37.5 Å². The standard InChI is InChI=1S/C25H27N3O4/c1-16(2)17-7-9-20(10-8-17)28-15-19(12-24(28)29)25(30)26-14-22-13-23(27-32-22)18-5-4-6-21(11-18)31-3/h4-11,13,16,19H,12,14-15H2,1-3H3,(H,26,30). The predicted octanol–water partition coefficient (Wildman–Crippen LogP) is 4.14. The lowest BCUT2D eigenvalue weighted by Gasteiger charge is -2.17. The topological polar surface area (TPSA) is 84.7 Å². The third kappa shape index (κ3) is 4.66. The average Bonchev–Trinajstić information content (AvgIpc) is 3.44. The van der Waals surface area contributed by atoms with Crippen molar-refractivity contribution in [3.05, 3.63) is 65.9 Å². The van der Waals surface area contributed by atoms with E-state index in [1.165, 1.54) is 5.56 Å². The monoisotopic (exact) mass is 433 g/mol. The molecule has 2 heterocycles. The first-order chi connectivity index (χ1) is 15.4. The summed E-state index contributed by atoms with van der Waals surface area (Å²) in [5.41, 5.74) is 3.58. The maximum atomic E-state index is 12.7. The molecule has 0 aliphatic carbocycles. The van der Waals surface area contributed by atoms with Crippen molar-refractivity contribution in [3.63, 3.8) is 0 Å². The predicted molar refractivity (Wildman–Crippen MR) is 121 cm³/mol. The summed E-state index contributed by atoms with van der Waals surface area (Å²) in [5, 5.41) is 6.94. The number of hydrogen-bond donors (Lipinski definition) is 1. The van der Waals surface area contributed by atoms with Gasteiger partial charge in [0.05, 0.1) is 19.6 Å². The Morgan fingerprint density at radius 2 is 2.00 bits per heavy atom. The molecule has 166 valence electrons. The van der Waals surface area contributed by atoms with Gasteiger partial charge in [0, 0.05) is 30.3 Å². The molecule has 1 atom stereocenters. The van der Waals surface area contributed by atoms with Crippen LogP contribution in [0.5, 0.6) is 5.75 Å². The molecule has 1 aromatic heterocycles. The summed E-state index contributed by atoms with van der Waals surface area (Å²) in [5.74, 6) is 1.10. The molecule has 1 aliphatic heterocycles. The van der Waals surface area contributed by atoms with Crippen molar-refractivity contribution < 1.29 is 18.8 Å². The van der Waals surface area contributed by atoms with E-state index in [2.05, 4.69) is 24.3 Å². The zero-order valence-electron chi connectivity index (χ0n) is 18.5. The molecular weight excluding hydrogens is 406 g/mol. The van der Waals surface area contributed by atoms with Gasteiger partial charge in [-0.3, -0.25) is 9.59 Å². The zero-order chi connectivity index (χ0) is 22.7. The number of aromatic nitrogens is 1. The normalized spacial score (nSPS) is 15.9. The Balaban J connectivity index is 1.35. The molecule has 0 bridgehead atoms. The Kier molecular flexibility index (Phi) is 6.25. The molecule has 1 aliphatic rings. The van der Waals surface area contributed by atoms with Crippen LogP contribution in [-0.2, 0) is 16.1 Å². The first-order valence-electron chi connectivity index (χ1n) is 10.7. The lowest BCUT2D eigenvalue weighted by Crippen LogP contribution is -2.32. The van der Waals surface area contributed by atoms with Gasteiger partial charge in [0.2, 0.25) is 11.8 Å². The number of nitrogens with zero attached hydrogens (tertiary/aromatic N) is 2. The van der Waals surface area contributed by atoms with Gasteiger partial charge >= 0.3 is 0 Å². The molecule has 7 nitrogen and oxygen atoms in total. The van der Waals surface area contributed by atoms with Crippen molar-refractivity contribution in [1.29, 1.82) is 0 Å². The summed E-state index contributed by atoms with van der Waals surface area (Å²) in [6.45, 7) is 4.84. The van der Waals surface area contributed by atoms with Crippen LogP contribution in [-0.4, -0.2) is 30.6 Å². The zero-order valence-corrected chi connectivity index (χ0v) is 18.5. The number of carbonyl (C=O) groups excluding carboxylic acids is 2. The maximum absolute atomic E-state index is 12.7. The number of amides is 2.